The second-order valence-corrected chi connectivity index (χ2v) is 7.78. The summed E-state index contributed by atoms with van der Waals surface area (Å²) in [6, 6.07) is 10.2. The Bertz CT molecular complexity index is 898. The van der Waals surface area contributed by atoms with Crippen molar-refractivity contribution < 1.29 is 35.9 Å². The zero-order chi connectivity index (χ0) is 23.5. The Morgan fingerprint density at radius 3 is 2.12 bits per heavy atom. The van der Waals surface area contributed by atoms with Gasteiger partial charge in [0.1, 0.15) is 0 Å². The molecule has 174 valence electrons. The second kappa shape index (κ2) is 9.40. The van der Waals surface area contributed by atoms with Crippen LogP contribution in [0, 0.1) is 5.92 Å². The molecule has 0 bridgehead atoms. The van der Waals surface area contributed by atoms with E-state index in [1.165, 1.54) is 4.90 Å². The molecule has 2 atom stereocenters. The lowest BCUT2D eigenvalue weighted by Gasteiger charge is -2.38. The van der Waals surface area contributed by atoms with E-state index in [2.05, 4.69) is 0 Å². The molecule has 1 aliphatic rings. The molecule has 4 nitrogen and oxygen atoms in total. The molecule has 0 spiro atoms. The zero-order valence-corrected chi connectivity index (χ0v) is 16.9. The number of nitrogens with zero attached hydrogens (tertiary/aromatic N) is 1. The van der Waals surface area contributed by atoms with Gasteiger partial charge in [0.15, 0.2) is 0 Å². The van der Waals surface area contributed by atoms with Crippen molar-refractivity contribution in [3.8, 4) is 0 Å². The predicted molar refractivity (Wildman–Crippen MR) is 105 cm³/mol. The molecule has 1 saturated heterocycles. The molecule has 3 rings (SSSR count). The highest BCUT2D eigenvalue weighted by atomic mass is 19.4. The number of benzene rings is 2. The number of hydrogen-bond donors (Lipinski definition) is 1. The lowest BCUT2D eigenvalue weighted by Crippen LogP contribution is -2.46. The van der Waals surface area contributed by atoms with Crippen LogP contribution in [0.1, 0.15) is 34.6 Å². The second-order valence-electron chi connectivity index (χ2n) is 7.78. The van der Waals surface area contributed by atoms with Gasteiger partial charge in [-0.15, -0.1) is 0 Å². The third-order valence-corrected chi connectivity index (χ3v) is 5.54. The first-order chi connectivity index (χ1) is 14.9. The smallest absolute Gasteiger partial charge is 0.376 e. The normalized spacial score (nSPS) is 19.8. The summed E-state index contributed by atoms with van der Waals surface area (Å²) in [6.07, 6.45) is -9.27. The molecule has 0 aromatic heterocycles. The molecule has 1 heterocycles. The van der Waals surface area contributed by atoms with Crippen molar-refractivity contribution in [3.63, 3.8) is 0 Å². The zero-order valence-electron chi connectivity index (χ0n) is 16.9. The van der Waals surface area contributed by atoms with E-state index < -0.39 is 36.1 Å². The fourth-order valence-electron chi connectivity index (χ4n) is 3.91. The van der Waals surface area contributed by atoms with Crippen LogP contribution in [0.2, 0.25) is 0 Å². The predicted octanol–water partition coefficient (Wildman–Crippen LogP) is 5.43. The van der Waals surface area contributed by atoms with E-state index in [-0.39, 0.29) is 30.1 Å². The minimum absolute atomic E-state index is 0.0825. The molecule has 0 radical (unpaired) electrons. The molecule has 1 aliphatic heterocycles. The first kappa shape index (κ1) is 23.9. The van der Waals surface area contributed by atoms with Crippen LogP contribution in [-0.2, 0) is 23.7 Å². The number of primary amides is 1. The topological polar surface area (TPSA) is 55.6 Å². The van der Waals surface area contributed by atoms with E-state index >= 15 is 0 Å². The highest BCUT2D eigenvalue weighted by Crippen LogP contribution is 2.37. The fraction of sp³-hybridized carbons (Fsp3) is 0.409. The minimum Gasteiger partial charge on any atom is -0.376 e. The Kier molecular flexibility index (Phi) is 7.02. The maximum absolute atomic E-state index is 13.0. The molecule has 2 unspecified atom stereocenters. The van der Waals surface area contributed by atoms with Gasteiger partial charge >= 0.3 is 18.4 Å². The average Bonchev–Trinajstić information content (AvgIpc) is 2.73. The molecule has 10 heteroatoms. The van der Waals surface area contributed by atoms with Gasteiger partial charge in [-0.25, -0.2) is 4.79 Å². The third-order valence-electron chi connectivity index (χ3n) is 5.54. The molecule has 2 N–H and O–H groups in total. The Labute approximate surface area is 181 Å². The monoisotopic (exact) mass is 460 g/mol. The largest absolute Gasteiger partial charge is 0.416 e. The van der Waals surface area contributed by atoms with Gasteiger partial charge in [0, 0.05) is 19.0 Å². The maximum Gasteiger partial charge on any atom is 0.416 e. The Morgan fingerprint density at radius 1 is 1.00 bits per heavy atom. The van der Waals surface area contributed by atoms with Gasteiger partial charge in [0.25, 0.3) is 0 Å². The summed E-state index contributed by atoms with van der Waals surface area (Å²) in [4.78, 5) is 13.1. The number of carbonyl (C=O) groups is 1. The summed E-state index contributed by atoms with van der Waals surface area (Å²) < 4.78 is 83.8. The number of rotatable bonds is 5. The lowest BCUT2D eigenvalue weighted by atomic mass is 9.81. The van der Waals surface area contributed by atoms with Crippen LogP contribution in [0.3, 0.4) is 0 Å². The van der Waals surface area contributed by atoms with Gasteiger partial charge in [-0.3, -0.25) is 0 Å². The molecule has 2 aromatic carbocycles. The molecule has 0 saturated carbocycles. The fourth-order valence-corrected chi connectivity index (χ4v) is 3.91. The van der Waals surface area contributed by atoms with Crippen LogP contribution in [0.5, 0.6) is 0 Å². The molecule has 0 aliphatic carbocycles. The van der Waals surface area contributed by atoms with Crippen LogP contribution >= 0.6 is 0 Å². The number of piperidine rings is 1. The summed E-state index contributed by atoms with van der Waals surface area (Å²) in [5.74, 6) is -0.203. The van der Waals surface area contributed by atoms with E-state index in [1.54, 1.807) is 0 Å². The quantitative estimate of drug-likeness (QED) is 0.606. The van der Waals surface area contributed by atoms with Crippen molar-refractivity contribution in [1.82, 2.24) is 4.90 Å². The highest BCUT2D eigenvalue weighted by Gasteiger charge is 2.37. The lowest BCUT2D eigenvalue weighted by molar-refractivity contribution is -0.143. The molecule has 2 aromatic rings. The van der Waals surface area contributed by atoms with Crippen LogP contribution in [0.25, 0.3) is 0 Å². The van der Waals surface area contributed by atoms with Crippen LogP contribution in [0.15, 0.2) is 48.5 Å². The van der Waals surface area contributed by atoms with E-state index in [4.69, 9.17) is 10.5 Å². The van der Waals surface area contributed by atoms with E-state index in [1.807, 2.05) is 30.3 Å². The first-order valence-corrected chi connectivity index (χ1v) is 9.90. The minimum atomic E-state index is -4.91. The van der Waals surface area contributed by atoms with Gasteiger partial charge in [-0.1, -0.05) is 30.3 Å². The van der Waals surface area contributed by atoms with Crippen molar-refractivity contribution in [2.45, 2.75) is 31.3 Å². The molecule has 32 heavy (non-hydrogen) atoms. The third kappa shape index (κ3) is 5.93. The van der Waals surface area contributed by atoms with Gasteiger partial charge in [-0.05, 0) is 41.7 Å². The van der Waals surface area contributed by atoms with Crippen molar-refractivity contribution in [2.75, 3.05) is 19.7 Å². The van der Waals surface area contributed by atoms with E-state index in [0.717, 1.165) is 5.56 Å². The Balaban J connectivity index is 1.74. The summed E-state index contributed by atoms with van der Waals surface area (Å²) in [7, 11) is 0. The van der Waals surface area contributed by atoms with Crippen LogP contribution in [-0.4, -0.2) is 30.6 Å². The van der Waals surface area contributed by atoms with Crippen molar-refractivity contribution in [3.05, 3.63) is 70.8 Å². The van der Waals surface area contributed by atoms with E-state index in [0.29, 0.717) is 31.6 Å². The number of urea groups is 1. The van der Waals surface area contributed by atoms with Crippen molar-refractivity contribution >= 4 is 6.03 Å². The number of nitrogens with two attached hydrogens (primary N) is 1. The summed E-state index contributed by atoms with van der Waals surface area (Å²) in [5.41, 5.74) is 3.39. The van der Waals surface area contributed by atoms with Crippen LogP contribution in [0.4, 0.5) is 31.1 Å². The van der Waals surface area contributed by atoms with Gasteiger partial charge in [0.2, 0.25) is 0 Å². The maximum atomic E-state index is 13.0. The number of alkyl halides is 6. The number of amides is 2. The number of carbonyl (C=O) groups excluding carboxylic acids is 1. The average molecular weight is 460 g/mol. The van der Waals surface area contributed by atoms with Crippen molar-refractivity contribution in [1.29, 1.82) is 0 Å². The van der Waals surface area contributed by atoms with Gasteiger partial charge in [0.05, 0.1) is 24.3 Å². The number of halogens is 6. The summed E-state index contributed by atoms with van der Waals surface area (Å²) in [5, 5.41) is 0. The molecule has 1 fully saturated rings. The number of likely N-dealkylation sites (tertiary alicyclic amines) is 1. The number of ether oxygens (including phenoxy) is 1. The van der Waals surface area contributed by atoms with Gasteiger partial charge < -0.3 is 15.4 Å². The Hall–Kier alpha value is -2.75. The van der Waals surface area contributed by atoms with Crippen molar-refractivity contribution in [2.24, 2.45) is 11.7 Å². The van der Waals surface area contributed by atoms with Crippen LogP contribution < -0.4 is 5.73 Å². The first-order valence-electron chi connectivity index (χ1n) is 9.90. The summed E-state index contributed by atoms with van der Waals surface area (Å²) in [6.45, 7) is 0.470. The molecular weight excluding hydrogens is 438 g/mol. The SMILES string of the molecule is NC(=O)N1CCC(COCc2cc(C(F)(F)F)cc(C(F)(F)F)c2)C(c2ccccc2)C1. The Morgan fingerprint density at radius 2 is 1.59 bits per heavy atom. The van der Waals surface area contributed by atoms with E-state index in [9.17, 15) is 31.1 Å². The molecule has 2 amide bonds. The summed E-state index contributed by atoms with van der Waals surface area (Å²) >= 11 is 0. The highest BCUT2D eigenvalue weighted by molar-refractivity contribution is 5.72. The van der Waals surface area contributed by atoms with Gasteiger partial charge in [-0.2, -0.15) is 26.3 Å². The standard InChI is InChI=1S/C22H22F6N2O2/c23-21(24,25)17-8-14(9-18(10-17)22(26,27)28)12-32-13-16-6-7-30(20(29)31)11-19(16)15-4-2-1-3-5-15/h1-5,8-10,16,19H,6-7,11-13H2,(H2,29,31). The molecular formula is C22H22F6N2O2. The number of hydrogen-bond acceptors (Lipinski definition) is 2.